The zero-order valence-corrected chi connectivity index (χ0v) is 48.6. The van der Waals surface area contributed by atoms with Crippen molar-refractivity contribution in [2.24, 2.45) is 10.7 Å². The fourth-order valence-electron chi connectivity index (χ4n) is 7.48. The third-order valence-corrected chi connectivity index (χ3v) is 12.6. The van der Waals surface area contributed by atoms with Crippen molar-refractivity contribution in [2.45, 2.75) is 97.5 Å². The number of carbonyl (C=O) groups excluding carboxylic acids is 3. The molecule has 0 radical (unpaired) electrons. The Labute approximate surface area is 473 Å². The van der Waals surface area contributed by atoms with E-state index in [1.807, 2.05) is 31.7 Å². The van der Waals surface area contributed by atoms with Crippen LogP contribution in [-0.4, -0.2) is 204 Å². The molecule has 1 aromatic carbocycles. The number of unbranched alkanes of at least 4 members (excludes halogenated alkanes) is 3. The van der Waals surface area contributed by atoms with Gasteiger partial charge in [-0.25, -0.2) is 13.8 Å². The fourth-order valence-corrected chi connectivity index (χ4v) is 8.59. The summed E-state index contributed by atoms with van der Waals surface area (Å²) in [6.07, 6.45) is 8.62. The molecule has 2 N–H and O–H groups in total. The van der Waals surface area contributed by atoms with Gasteiger partial charge in [0.2, 0.25) is 23.3 Å². The van der Waals surface area contributed by atoms with Gasteiger partial charge in [-0.15, -0.1) is 11.3 Å². The van der Waals surface area contributed by atoms with E-state index in [4.69, 9.17) is 57.8 Å². The third-order valence-electron chi connectivity index (χ3n) is 11.4. The highest BCUT2D eigenvalue weighted by molar-refractivity contribution is 7.13. The summed E-state index contributed by atoms with van der Waals surface area (Å²) in [5.41, 5.74) is 7.30. The van der Waals surface area contributed by atoms with Gasteiger partial charge >= 0.3 is 11.9 Å². The van der Waals surface area contributed by atoms with Crippen LogP contribution in [0.1, 0.15) is 95.2 Å². The van der Waals surface area contributed by atoms with Gasteiger partial charge in [-0.1, -0.05) is 13.3 Å². The number of thiophene rings is 1. The predicted molar refractivity (Wildman–Crippen MR) is 295 cm³/mol. The highest BCUT2D eigenvalue weighted by Gasteiger charge is 2.25. The van der Waals surface area contributed by atoms with Crippen LogP contribution in [0.2, 0.25) is 0 Å². The fraction of sp³-hybridized carbons (Fsp3) is 0.714. The SMILES string of the molecule is CCCN(CCCCC(=O)OC(C)(C)C)C(=O)C1=Cc2sc(CCCCCN(C)CCOCCOCCOCCOCCOCCOCCOCCOCCOCCOCCC(=O)Oc3c(F)c(F)cc(F)c3F)cc2N=C(N)C1. The summed E-state index contributed by atoms with van der Waals surface area (Å²) in [7, 11) is 2.11. The topological polar surface area (TPSA) is 207 Å². The van der Waals surface area contributed by atoms with Crippen LogP contribution in [0.4, 0.5) is 23.2 Å². The standard InChI is InChI=1S/C56H88F4N4O15S/c1-6-15-64(17-11-9-13-51(66)79-56(2,3)4)55(67)43-39-48-47(62-49(61)40-43)41-44(80-48)12-8-7-10-16-63(5)18-20-69-22-24-71-26-28-73-30-32-75-34-36-77-38-37-76-35-33-74-31-29-72-27-25-70-23-21-68-19-14-50(65)78-54-52(59)45(57)42-46(58)53(54)60/h39,41-42H,6-38,40H2,1-5H3,(H2,61,62). The van der Waals surface area contributed by atoms with Crippen LogP contribution in [-0.2, 0) is 72.9 Å². The van der Waals surface area contributed by atoms with Gasteiger partial charge in [0.25, 0.3) is 0 Å². The number of nitrogens with zero attached hydrogens (tertiary/aromatic N) is 3. The number of amides is 1. The Bertz CT molecular complexity index is 2090. The van der Waals surface area contributed by atoms with Crippen molar-refractivity contribution >= 4 is 46.8 Å². The number of likely N-dealkylation sites (N-methyl/N-ethyl adjacent to an activating group) is 1. The molecule has 2 heterocycles. The summed E-state index contributed by atoms with van der Waals surface area (Å²) in [4.78, 5) is 48.6. The lowest BCUT2D eigenvalue weighted by Crippen LogP contribution is -2.35. The Kier molecular flexibility index (Phi) is 37.3. The maximum Gasteiger partial charge on any atom is 0.313 e. The van der Waals surface area contributed by atoms with Crippen molar-refractivity contribution in [3.05, 3.63) is 50.7 Å². The monoisotopic (exact) mass is 1160 g/mol. The van der Waals surface area contributed by atoms with Gasteiger partial charge < -0.3 is 72.4 Å². The van der Waals surface area contributed by atoms with Crippen LogP contribution in [0.5, 0.6) is 5.75 Å². The first-order valence-electron chi connectivity index (χ1n) is 27.7. The van der Waals surface area contributed by atoms with E-state index < -0.39 is 47.0 Å². The lowest BCUT2D eigenvalue weighted by Gasteiger charge is -2.24. The molecule has 19 nitrogen and oxygen atoms in total. The number of ether oxygens (including phenoxy) is 12. The summed E-state index contributed by atoms with van der Waals surface area (Å²) in [6, 6.07) is 2.13. The van der Waals surface area contributed by atoms with E-state index in [2.05, 4.69) is 34.7 Å². The average Bonchev–Trinajstić information content (AvgIpc) is 3.80. The van der Waals surface area contributed by atoms with E-state index in [9.17, 15) is 31.9 Å². The normalized spacial score (nSPS) is 12.6. The second-order valence-corrected chi connectivity index (χ2v) is 20.7. The van der Waals surface area contributed by atoms with Crippen LogP contribution in [0.3, 0.4) is 0 Å². The Hall–Kier alpha value is -4.18. The number of benzene rings is 1. The lowest BCUT2D eigenvalue weighted by molar-refractivity contribution is -0.155. The molecule has 0 atom stereocenters. The van der Waals surface area contributed by atoms with Crippen molar-refractivity contribution < 1.29 is 88.8 Å². The molecule has 0 saturated heterocycles. The molecule has 1 aliphatic rings. The highest BCUT2D eigenvalue weighted by Crippen LogP contribution is 2.36. The summed E-state index contributed by atoms with van der Waals surface area (Å²) in [6.45, 7) is 18.3. The summed E-state index contributed by atoms with van der Waals surface area (Å²) in [5, 5.41) is 0. The van der Waals surface area contributed by atoms with E-state index in [1.165, 1.54) is 4.88 Å². The number of hydrogen-bond donors (Lipinski definition) is 1. The number of aliphatic imine (C=N–C) groups is 1. The minimum atomic E-state index is -1.80. The van der Waals surface area contributed by atoms with Crippen molar-refractivity contribution in [1.82, 2.24) is 9.80 Å². The van der Waals surface area contributed by atoms with E-state index >= 15 is 0 Å². The zero-order valence-electron chi connectivity index (χ0n) is 47.7. The first kappa shape index (κ1) is 70.1. The van der Waals surface area contributed by atoms with E-state index in [0.29, 0.717) is 162 Å². The van der Waals surface area contributed by atoms with Crippen LogP contribution in [0.25, 0.3) is 6.08 Å². The average molecular weight is 1170 g/mol. The van der Waals surface area contributed by atoms with Crippen molar-refractivity contribution in [3.8, 4) is 5.75 Å². The van der Waals surface area contributed by atoms with Gasteiger partial charge in [-0.05, 0) is 85.0 Å². The molecule has 1 amide bonds. The molecule has 2 aromatic rings. The number of hydrogen-bond acceptors (Lipinski definition) is 19. The zero-order chi connectivity index (χ0) is 58.2. The molecule has 0 saturated carbocycles. The molecule has 0 spiro atoms. The minimum absolute atomic E-state index is 0.0181. The maximum absolute atomic E-state index is 13.7. The van der Waals surface area contributed by atoms with Gasteiger partial charge in [0, 0.05) is 49.0 Å². The van der Waals surface area contributed by atoms with Crippen molar-refractivity contribution in [2.75, 3.05) is 165 Å². The first-order valence-corrected chi connectivity index (χ1v) is 28.6. The van der Waals surface area contributed by atoms with Crippen LogP contribution in [0.15, 0.2) is 22.7 Å². The van der Waals surface area contributed by atoms with Crippen molar-refractivity contribution in [3.63, 3.8) is 0 Å². The summed E-state index contributed by atoms with van der Waals surface area (Å²) in [5.74, 6) is -9.31. The van der Waals surface area contributed by atoms with Gasteiger partial charge in [-0.2, -0.15) is 8.78 Å². The molecule has 0 bridgehead atoms. The number of nitrogens with two attached hydrogens (primary N) is 1. The van der Waals surface area contributed by atoms with Crippen molar-refractivity contribution in [1.29, 1.82) is 0 Å². The number of amidine groups is 1. The number of aryl methyl sites for hydroxylation is 1. The Morgan fingerprint density at radius 2 is 1.06 bits per heavy atom. The van der Waals surface area contributed by atoms with Gasteiger partial charge in [0.15, 0.2) is 11.6 Å². The van der Waals surface area contributed by atoms with Crippen LogP contribution < -0.4 is 10.5 Å². The molecule has 1 aliphatic heterocycles. The molecule has 0 unspecified atom stereocenters. The third kappa shape index (κ3) is 32.5. The Balaban J connectivity index is 1.03. The molecule has 456 valence electrons. The van der Waals surface area contributed by atoms with E-state index in [-0.39, 0.29) is 37.8 Å². The summed E-state index contributed by atoms with van der Waals surface area (Å²) < 4.78 is 118. The van der Waals surface area contributed by atoms with Gasteiger partial charge in [0.05, 0.1) is 149 Å². The molecule has 3 rings (SSSR count). The Morgan fingerprint density at radius 1 is 0.588 bits per heavy atom. The predicted octanol–water partition coefficient (Wildman–Crippen LogP) is 7.64. The molecule has 0 fully saturated rings. The molecular formula is C56H88F4N4O15S. The number of carbonyl (C=O) groups is 3. The molecule has 80 heavy (non-hydrogen) atoms. The molecule has 24 heteroatoms. The first-order chi connectivity index (χ1) is 38.6. The highest BCUT2D eigenvalue weighted by atomic mass is 32.1. The lowest BCUT2D eigenvalue weighted by atomic mass is 10.1. The largest absolute Gasteiger partial charge is 0.460 e. The number of rotatable bonds is 48. The quantitative estimate of drug-likeness (QED) is 0.0222. The molecule has 1 aromatic heterocycles. The van der Waals surface area contributed by atoms with E-state index in [1.54, 1.807) is 11.3 Å². The molecule has 0 aliphatic carbocycles. The van der Waals surface area contributed by atoms with Crippen LogP contribution >= 0.6 is 11.3 Å². The van der Waals surface area contributed by atoms with Crippen LogP contribution in [0, 0.1) is 23.3 Å². The molecular weight excluding hydrogens is 1080 g/mol. The number of halogens is 4. The van der Waals surface area contributed by atoms with Gasteiger partial charge in [-0.3, -0.25) is 14.4 Å². The van der Waals surface area contributed by atoms with E-state index in [0.717, 1.165) is 55.8 Å². The minimum Gasteiger partial charge on any atom is -0.460 e. The maximum atomic E-state index is 13.7. The second kappa shape index (κ2) is 42.6. The number of esters is 2. The number of fused-ring (bicyclic) bond motifs is 1. The second-order valence-electron chi connectivity index (χ2n) is 19.5. The smallest absolute Gasteiger partial charge is 0.313 e. The summed E-state index contributed by atoms with van der Waals surface area (Å²) >= 11 is 1.68. The Morgan fingerprint density at radius 3 is 1.55 bits per heavy atom. The van der Waals surface area contributed by atoms with Gasteiger partial charge in [0.1, 0.15) is 11.4 Å².